The maximum absolute atomic E-state index is 12.3. The summed E-state index contributed by atoms with van der Waals surface area (Å²) in [5, 5.41) is 11.9. The molecule has 1 amide bonds. The van der Waals surface area contributed by atoms with Crippen molar-refractivity contribution in [3.63, 3.8) is 0 Å². The molecule has 1 aliphatic carbocycles. The molecule has 3 aromatic rings. The molecule has 0 spiro atoms. The largest absolute Gasteiger partial charge is 0.351 e. The molecule has 0 bridgehead atoms. The molecule has 1 saturated carbocycles. The van der Waals surface area contributed by atoms with Crippen LogP contribution in [-0.2, 0) is 12.5 Å². The lowest BCUT2D eigenvalue weighted by molar-refractivity contribution is 0.0950. The smallest absolute Gasteiger partial charge is 0.251 e. The Morgan fingerprint density at radius 2 is 1.83 bits per heavy atom. The molecule has 0 saturated heterocycles. The summed E-state index contributed by atoms with van der Waals surface area (Å²) in [6.07, 6.45) is 2.17. The lowest BCUT2D eigenvalue weighted by atomic mass is 9.95. The van der Waals surface area contributed by atoms with E-state index in [1.54, 1.807) is 0 Å². The third-order valence-electron chi connectivity index (χ3n) is 5.77. The summed E-state index contributed by atoms with van der Waals surface area (Å²) >= 11 is 5.74. The van der Waals surface area contributed by atoms with Gasteiger partial charge in [-0.3, -0.25) is 9.69 Å². The van der Waals surface area contributed by atoms with E-state index in [1.807, 2.05) is 49.3 Å². The molecule has 1 N–H and O–H groups in total. The summed E-state index contributed by atoms with van der Waals surface area (Å²) in [6, 6.07) is 18.5. The van der Waals surface area contributed by atoms with Crippen LogP contribution in [0.1, 0.15) is 34.6 Å². The molecule has 156 valence electrons. The number of nitrogens with zero attached hydrogens (tertiary/aromatic N) is 4. The van der Waals surface area contributed by atoms with Crippen molar-refractivity contribution in [2.75, 3.05) is 26.1 Å². The van der Waals surface area contributed by atoms with E-state index < -0.39 is 0 Å². The third kappa shape index (κ3) is 3.98. The van der Waals surface area contributed by atoms with E-state index in [0.29, 0.717) is 24.7 Å². The zero-order valence-electron chi connectivity index (χ0n) is 17.3. The highest BCUT2D eigenvalue weighted by Crippen LogP contribution is 2.52. The van der Waals surface area contributed by atoms with Crippen LogP contribution in [0.5, 0.6) is 0 Å². The Kier molecular flexibility index (Phi) is 5.88. The molecule has 4 rings (SSSR count). The molecule has 7 heteroatoms. The zero-order valence-corrected chi connectivity index (χ0v) is 18.1. The van der Waals surface area contributed by atoms with Crippen molar-refractivity contribution in [3.05, 3.63) is 71.5 Å². The van der Waals surface area contributed by atoms with E-state index in [0.717, 1.165) is 30.1 Å². The summed E-state index contributed by atoms with van der Waals surface area (Å²) in [5.41, 5.74) is 2.83. The molecular formula is C23H26ClN5O. The summed E-state index contributed by atoms with van der Waals surface area (Å²) in [5.74, 6) is 1.71. The summed E-state index contributed by atoms with van der Waals surface area (Å²) < 4.78 is 2.08. The number of rotatable bonds is 8. The van der Waals surface area contributed by atoms with E-state index in [9.17, 15) is 4.79 Å². The van der Waals surface area contributed by atoms with Crippen molar-refractivity contribution in [2.24, 2.45) is 7.05 Å². The van der Waals surface area contributed by atoms with Gasteiger partial charge in [0.25, 0.3) is 5.91 Å². The first-order valence-electron chi connectivity index (χ1n) is 10.1. The molecular weight excluding hydrogens is 398 g/mol. The van der Waals surface area contributed by atoms with Gasteiger partial charge in [-0.1, -0.05) is 42.5 Å². The van der Waals surface area contributed by atoms with Gasteiger partial charge in [-0.2, -0.15) is 0 Å². The Morgan fingerprint density at radius 3 is 2.47 bits per heavy atom. The highest BCUT2D eigenvalue weighted by Gasteiger charge is 2.49. The first-order chi connectivity index (χ1) is 14.5. The molecule has 30 heavy (non-hydrogen) atoms. The van der Waals surface area contributed by atoms with Gasteiger partial charge in [0.05, 0.1) is 11.4 Å². The van der Waals surface area contributed by atoms with Crippen LogP contribution in [0.25, 0.3) is 11.4 Å². The fraction of sp³-hybridized carbons (Fsp3) is 0.348. The lowest BCUT2D eigenvalue weighted by Crippen LogP contribution is -2.32. The van der Waals surface area contributed by atoms with E-state index in [2.05, 4.69) is 44.3 Å². The van der Waals surface area contributed by atoms with E-state index in [-0.39, 0.29) is 11.3 Å². The van der Waals surface area contributed by atoms with Crippen LogP contribution in [-0.4, -0.2) is 51.7 Å². The Morgan fingerprint density at radius 1 is 1.13 bits per heavy atom. The van der Waals surface area contributed by atoms with E-state index in [4.69, 9.17) is 11.6 Å². The normalized spacial score (nSPS) is 14.7. The van der Waals surface area contributed by atoms with Crippen LogP contribution >= 0.6 is 11.6 Å². The van der Waals surface area contributed by atoms with Gasteiger partial charge in [0.2, 0.25) is 0 Å². The number of carbonyl (C=O) groups is 1. The maximum Gasteiger partial charge on any atom is 0.251 e. The van der Waals surface area contributed by atoms with Crippen molar-refractivity contribution >= 4 is 17.5 Å². The molecule has 0 radical (unpaired) electrons. The average molecular weight is 424 g/mol. The number of likely N-dealkylation sites (N-methyl/N-ethyl adjacent to an activating group) is 1. The third-order valence-corrected chi connectivity index (χ3v) is 6.18. The number of aromatic nitrogens is 3. The van der Waals surface area contributed by atoms with Crippen molar-refractivity contribution < 1.29 is 4.79 Å². The van der Waals surface area contributed by atoms with Gasteiger partial charge >= 0.3 is 0 Å². The first-order valence-corrected chi connectivity index (χ1v) is 10.7. The zero-order chi connectivity index (χ0) is 21.1. The number of nitrogens with one attached hydrogen (secondary N) is 1. The Bertz CT molecular complexity index is 1010. The fourth-order valence-corrected chi connectivity index (χ4v) is 3.93. The van der Waals surface area contributed by atoms with Crippen molar-refractivity contribution in [1.82, 2.24) is 25.0 Å². The van der Waals surface area contributed by atoms with Gasteiger partial charge in [-0.05, 0) is 37.6 Å². The highest BCUT2D eigenvalue weighted by atomic mass is 35.5. The fourth-order valence-electron chi connectivity index (χ4n) is 3.81. The molecule has 1 heterocycles. The SMILES string of the molecule is CN(CCl)CCNC(=O)c1ccc(-c2nnc(C3(c4ccccc4)CC3)n2C)cc1. The molecule has 1 fully saturated rings. The Labute approximate surface area is 181 Å². The highest BCUT2D eigenvalue weighted by molar-refractivity contribution is 6.17. The van der Waals surface area contributed by atoms with Gasteiger partial charge in [0, 0.05) is 31.3 Å². The van der Waals surface area contributed by atoms with Crippen LogP contribution in [0.3, 0.4) is 0 Å². The molecule has 0 unspecified atom stereocenters. The quantitative estimate of drug-likeness (QED) is 0.445. The maximum atomic E-state index is 12.3. The van der Waals surface area contributed by atoms with Crippen molar-refractivity contribution in [2.45, 2.75) is 18.3 Å². The molecule has 0 aliphatic heterocycles. The van der Waals surface area contributed by atoms with E-state index >= 15 is 0 Å². The van der Waals surface area contributed by atoms with Crippen LogP contribution in [0.2, 0.25) is 0 Å². The summed E-state index contributed by atoms with van der Waals surface area (Å²) in [6.45, 7) is 1.26. The second kappa shape index (κ2) is 8.58. The molecule has 1 aliphatic rings. The predicted molar refractivity (Wildman–Crippen MR) is 119 cm³/mol. The number of hydrogen-bond donors (Lipinski definition) is 1. The molecule has 0 atom stereocenters. The minimum atomic E-state index is -0.0933. The number of carbonyl (C=O) groups excluding carboxylic acids is 1. The standard InChI is InChI=1S/C23H26ClN5O/c1-28(16-24)15-14-25-21(30)18-10-8-17(9-11-18)20-26-27-22(29(20)2)23(12-13-23)19-6-4-3-5-7-19/h3-11H,12-16H2,1-2H3,(H,25,30). The topological polar surface area (TPSA) is 63.1 Å². The molecule has 6 nitrogen and oxygen atoms in total. The van der Waals surface area contributed by atoms with Crippen molar-refractivity contribution in [3.8, 4) is 11.4 Å². The van der Waals surface area contributed by atoms with Gasteiger partial charge in [-0.15, -0.1) is 21.8 Å². The number of alkyl halides is 1. The lowest BCUT2D eigenvalue weighted by Gasteiger charge is -2.15. The van der Waals surface area contributed by atoms with Crippen LogP contribution in [0, 0.1) is 0 Å². The van der Waals surface area contributed by atoms with Crippen LogP contribution in [0.4, 0.5) is 0 Å². The number of hydrogen-bond acceptors (Lipinski definition) is 4. The summed E-state index contributed by atoms with van der Waals surface area (Å²) in [7, 11) is 3.92. The minimum Gasteiger partial charge on any atom is -0.351 e. The number of benzene rings is 2. The first kappa shape index (κ1) is 20.6. The second-order valence-electron chi connectivity index (χ2n) is 7.89. The Balaban J connectivity index is 1.49. The average Bonchev–Trinajstić information content (AvgIpc) is 3.50. The number of amides is 1. The Hall–Kier alpha value is -2.70. The van der Waals surface area contributed by atoms with E-state index in [1.165, 1.54) is 5.56 Å². The summed E-state index contributed by atoms with van der Waals surface area (Å²) in [4.78, 5) is 14.3. The van der Waals surface area contributed by atoms with Gasteiger partial charge in [-0.25, -0.2) is 0 Å². The number of halogens is 1. The van der Waals surface area contributed by atoms with Crippen molar-refractivity contribution in [1.29, 1.82) is 0 Å². The molecule has 1 aromatic heterocycles. The molecule has 2 aromatic carbocycles. The predicted octanol–water partition coefficient (Wildman–Crippen LogP) is 3.42. The monoisotopic (exact) mass is 423 g/mol. The minimum absolute atomic E-state index is 0.0305. The van der Waals surface area contributed by atoms with Crippen LogP contribution < -0.4 is 5.32 Å². The van der Waals surface area contributed by atoms with Gasteiger partial charge < -0.3 is 9.88 Å². The van der Waals surface area contributed by atoms with Gasteiger partial charge in [0.1, 0.15) is 5.82 Å². The second-order valence-corrected chi connectivity index (χ2v) is 8.13. The van der Waals surface area contributed by atoms with Crippen LogP contribution in [0.15, 0.2) is 54.6 Å². The van der Waals surface area contributed by atoms with Gasteiger partial charge in [0.15, 0.2) is 5.82 Å².